The molecule has 4 N–H and O–H groups in total. The zero-order valence-electron chi connectivity index (χ0n) is 19.2. The summed E-state index contributed by atoms with van der Waals surface area (Å²) in [7, 11) is -0.792. The molecule has 7 heteroatoms. The normalized spacial score (nSPS) is 16.6. The van der Waals surface area contributed by atoms with Gasteiger partial charge in [-0.2, -0.15) is 0 Å². The number of carbonyl (C=O) groups excluding carboxylic acids is 2. The predicted octanol–water partition coefficient (Wildman–Crippen LogP) is 4.30. The van der Waals surface area contributed by atoms with Gasteiger partial charge in [-0.15, -0.1) is 0 Å². The summed E-state index contributed by atoms with van der Waals surface area (Å²) in [5, 5.41) is 3.75. The van der Waals surface area contributed by atoms with E-state index in [4.69, 9.17) is 5.73 Å². The van der Waals surface area contributed by atoms with Crippen LogP contribution in [-0.2, 0) is 22.1 Å². The number of hydrogen-bond acceptors (Lipinski definition) is 3. The van der Waals surface area contributed by atoms with Crippen LogP contribution in [0, 0.1) is 5.92 Å². The van der Waals surface area contributed by atoms with Gasteiger partial charge >= 0.3 is 0 Å². The van der Waals surface area contributed by atoms with Crippen LogP contribution >= 0.6 is 0 Å². The number of fused-ring (bicyclic) bond motifs is 1. The number of nitrogens with two attached hydrogens (primary N) is 1. The second-order valence-corrected chi connectivity index (χ2v) is 10.2. The Kier molecular flexibility index (Phi) is 7.12. The molecule has 34 heavy (non-hydrogen) atoms. The van der Waals surface area contributed by atoms with Crippen LogP contribution in [-0.4, -0.2) is 33.0 Å². The van der Waals surface area contributed by atoms with Crippen LogP contribution in [0.1, 0.15) is 40.9 Å². The SMILES string of the molecule is C=CC(=O)NCc1ccccc1-c1ccc(C(N)=O)c2[nH]c(C3=CCC(CS(C)=O)CC3)cc12. The number of nitrogens with one attached hydrogen (secondary N) is 2. The minimum absolute atomic E-state index is 0.234. The van der Waals surface area contributed by atoms with Crippen molar-refractivity contribution in [1.29, 1.82) is 0 Å². The molecular formula is C27H29N3O3S. The van der Waals surface area contributed by atoms with Gasteiger partial charge in [-0.3, -0.25) is 13.8 Å². The van der Waals surface area contributed by atoms with E-state index >= 15 is 0 Å². The highest BCUT2D eigenvalue weighted by atomic mass is 32.2. The van der Waals surface area contributed by atoms with E-state index in [1.54, 1.807) is 12.3 Å². The highest BCUT2D eigenvalue weighted by Gasteiger charge is 2.21. The molecule has 3 aromatic rings. The second-order valence-electron chi connectivity index (χ2n) is 8.69. The molecule has 0 aliphatic heterocycles. The molecule has 2 unspecified atom stereocenters. The summed E-state index contributed by atoms with van der Waals surface area (Å²) >= 11 is 0. The molecule has 0 bridgehead atoms. The average Bonchev–Trinajstić information content (AvgIpc) is 3.27. The van der Waals surface area contributed by atoms with Crippen LogP contribution in [0.15, 0.2) is 61.2 Å². The molecule has 176 valence electrons. The Bertz CT molecular complexity index is 1320. The zero-order valence-corrected chi connectivity index (χ0v) is 20.0. The molecule has 1 heterocycles. The number of allylic oxidation sites excluding steroid dienone is 2. The van der Waals surface area contributed by atoms with Gasteiger partial charge in [0.25, 0.3) is 5.91 Å². The summed E-state index contributed by atoms with van der Waals surface area (Å²) in [6.45, 7) is 3.87. The van der Waals surface area contributed by atoms with Gasteiger partial charge in [-0.1, -0.05) is 43.0 Å². The standard InChI is InChI=1S/C27H29N3O3S/c1-3-25(31)29-15-19-6-4-5-7-20(19)21-12-13-22(27(28)32)26-23(21)14-24(30-26)18-10-8-17(9-11-18)16-34(2)33/h3-7,10,12-14,17,30H,1,8-9,11,15-16H2,2H3,(H2,28,32)(H,29,31). The minimum atomic E-state index is -0.792. The fourth-order valence-electron chi connectivity index (χ4n) is 4.64. The number of H-pyrrole nitrogens is 1. The van der Waals surface area contributed by atoms with E-state index in [0.29, 0.717) is 23.5 Å². The summed E-state index contributed by atoms with van der Waals surface area (Å²) in [5.41, 5.74) is 11.9. The number of aromatic nitrogens is 1. The molecule has 0 saturated heterocycles. The van der Waals surface area contributed by atoms with Crippen molar-refractivity contribution in [1.82, 2.24) is 10.3 Å². The summed E-state index contributed by atoms with van der Waals surface area (Å²) in [6, 6.07) is 13.6. The van der Waals surface area contributed by atoms with E-state index in [0.717, 1.165) is 52.8 Å². The third kappa shape index (κ3) is 5.04. The van der Waals surface area contributed by atoms with Gasteiger partial charge in [-0.25, -0.2) is 0 Å². The quantitative estimate of drug-likeness (QED) is 0.423. The zero-order chi connectivity index (χ0) is 24.2. The van der Waals surface area contributed by atoms with E-state index in [-0.39, 0.29) is 5.91 Å². The van der Waals surface area contributed by atoms with Gasteiger partial charge in [0.2, 0.25) is 5.91 Å². The Balaban J connectivity index is 1.77. The number of amides is 2. The van der Waals surface area contributed by atoms with Gasteiger partial charge < -0.3 is 16.0 Å². The van der Waals surface area contributed by atoms with E-state index in [1.165, 1.54) is 11.6 Å². The van der Waals surface area contributed by atoms with Gasteiger partial charge in [0, 0.05) is 40.4 Å². The Labute approximate surface area is 201 Å². The molecule has 2 amide bonds. The first-order valence-corrected chi connectivity index (χ1v) is 13.0. The fraction of sp³-hybridized carbons (Fsp3) is 0.259. The second kappa shape index (κ2) is 10.2. The third-order valence-electron chi connectivity index (χ3n) is 6.34. The maximum absolute atomic E-state index is 12.2. The fourth-order valence-corrected chi connectivity index (χ4v) is 5.61. The largest absolute Gasteiger partial charge is 0.366 e. The van der Waals surface area contributed by atoms with Gasteiger partial charge in [0.05, 0.1) is 11.1 Å². The third-order valence-corrected chi connectivity index (χ3v) is 7.28. The van der Waals surface area contributed by atoms with E-state index < -0.39 is 16.7 Å². The van der Waals surface area contributed by atoms with Crippen molar-refractivity contribution in [2.75, 3.05) is 12.0 Å². The summed E-state index contributed by atoms with van der Waals surface area (Å²) < 4.78 is 11.6. The van der Waals surface area contributed by atoms with Crippen molar-refractivity contribution >= 4 is 39.1 Å². The van der Waals surface area contributed by atoms with Crippen molar-refractivity contribution < 1.29 is 13.8 Å². The van der Waals surface area contributed by atoms with Gasteiger partial charge in [0.1, 0.15) is 0 Å². The Morgan fingerprint density at radius 3 is 2.71 bits per heavy atom. The number of aromatic amines is 1. The molecule has 4 rings (SSSR count). The van der Waals surface area contributed by atoms with Crippen LogP contribution in [0.4, 0.5) is 0 Å². The summed E-state index contributed by atoms with van der Waals surface area (Å²) in [6.07, 6.45) is 7.99. The molecule has 0 radical (unpaired) electrons. The topological polar surface area (TPSA) is 105 Å². The lowest BCUT2D eigenvalue weighted by atomic mass is 9.89. The molecule has 0 spiro atoms. The molecular weight excluding hydrogens is 446 g/mol. The first-order valence-electron chi connectivity index (χ1n) is 11.3. The molecule has 0 fully saturated rings. The van der Waals surface area contributed by atoms with Crippen molar-refractivity contribution in [3.8, 4) is 11.1 Å². The maximum Gasteiger partial charge on any atom is 0.250 e. The van der Waals surface area contributed by atoms with Gasteiger partial charge in [0.15, 0.2) is 0 Å². The highest BCUT2D eigenvalue weighted by Crippen LogP contribution is 2.37. The van der Waals surface area contributed by atoms with E-state index in [2.05, 4.69) is 29.0 Å². The Morgan fingerprint density at radius 2 is 2.03 bits per heavy atom. The van der Waals surface area contributed by atoms with Crippen LogP contribution in [0.3, 0.4) is 0 Å². The van der Waals surface area contributed by atoms with Crippen molar-refractivity contribution in [2.45, 2.75) is 25.8 Å². The van der Waals surface area contributed by atoms with Crippen LogP contribution in [0.25, 0.3) is 27.6 Å². The number of benzene rings is 2. The average molecular weight is 476 g/mol. The lowest BCUT2D eigenvalue weighted by Crippen LogP contribution is -2.20. The Morgan fingerprint density at radius 1 is 1.24 bits per heavy atom. The van der Waals surface area contributed by atoms with Crippen LogP contribution in [0.2, 0.25) is 0 Å². The van der Waals surface area contributed by atoms with Crippen molar-refractivity contribution in [3.05, 3.63) is 78.0 Å². The molecule has 2 aromatic carbocycles. The first kappa shape index (κ1) is 23.7. The number of primary amides is 1. The maximum atomic E-state index is 12.2. The Hall–Kier alpha value is -3.45. The molecule has 1 aliphatic carbocycles. The van der Waals surface area contributed by atoms with Crippen molar-refractivity contribution in [3.63, 3.8) is 0 Å². The number of carbonyl (C=O) groups is 2. The van der Waals surface area contributed by atoms with Gasteiger partial charge in [-0.05, 0) is 65.7 Å². The molecule has 6 nitrogen and oxygen atoms in total. The van der Waals surface area contributed by atoms with E-state index in [9.17, 15) is 13.8 Å². The predicted molar refractivity (Wildman–Crippen MR) is 139 cm³/mol. The van der Waals surface area contributed by atoms with E-state index in [1.807, 2.05) is 30.3 Å². The monoisotopic (exact) mass is 475 g/mol. The lowest BCUT2D eigenvalue weighted by molar-refractivity contribution is -0.116. The van der Waals surface area contributed by atoms with Crippen LogP contribution < -0.4 is 11.1 Å². The molecule has 1 aromatic heterocycles. The number of rotatable bonds is 8. The summed E-state index contributed by atoms with van der Waals surface area (Å²) in [4.78, 5) is 27.3. The minimum Gasteiger partial charge on any atom is -0.366 e. The molecule has 2 atom stereocenters. The summed E-state index contributed by atoms with van der Waals surface area (Å²) in [5.74, 6) is 0.446. The first-order chi connectivity index (χ1) is 16.4. The van der Waals surface area contributed by atoms with Crippen molar-refractivity contribution in [2.24, 2.45) is 11.7 Å². The molecule has 0 saturated carbocycles. The highest BCUT2D eigenvalue weighted by molar-refractivity contribution is 7.84. The number of hydrogen-bond donors (Lipinski definition) is 3. The molecule has 1 aliphatic rings. The lowest BCUT2D eigenvalue weighted by Gasteiger charge is -2.20. The smallest absolute Gasteiger partial charge is 0.250 e. The van der Waals surface area contributed by atoms with Crippen LogP contribution in [0.5, 0.6) is 0 Å².